The van der Waals surface area contributed by atoms with Crippen LogP contribution in [0.3, 0.4) is 0 Å². The monoisotopic (exact) mass is 272 g/mol. The van der Waals surface area contributed by atoms with Crippen LogP contribution < -0.4 is 5.32 Å². The molecule has 18 heavy (non-hydrogen) atoms. The number of hydrogen-bond acceptors (Lipinski definition) is 8. The number of anilines is 1. The fraction of sp³-hybridized carbons (Fsp3) is 0.444. The quantitative estimate of drug-likeness (QED) is 0.269. The maximum atomic E-state index is 10.9. The minimum absolute atomic E-state index is 0.149. The minimum atomic E-state index is -0.549. The number of thioether (sulfide) groups is 1. The van der Waals surface area contributed by atoms with Gasteiger partial charge in [-0.2, -0.15) is 0 Å². The summed E-state index contributed by atoms with van der Waals surface area (Å²) < 4.78 is 4.48. The van der Waals surface area contributed by atoms with E-state index in [1.165, 1.54) is 20.5 Å². The number of methoxy groups -OCH3 is 1. The number of hydrogen-bond donors (Lipinski definition) is 1. The van der Waals surface area contributed by atoms with Gasteiger partial charge in [0.05, 0.1) is 18.5 Å². The number of nitro groups is 1. The summed E-state index contributed by atoms with van der Waals surface area (Å²) in [6.45, 7) is 0. The maximum Gasteiger partial charge on any atom is 0.343 e. The number of nitrogens with one attached hydrogen (secondary N) is 1. The smallest absolute Gasteiger partial charge is 0.343 e. The van der Waals surface area contributed by atoms with E-state index in [2.05, 4.69) is 20.0 Å². The van der Waals surface area contributed by atoms with E-state index in [9.17, 15) is 14.9 Å². The molecule has 0 aliphatic carbocycles. The number of carbonyl (C=O) groups is 1. The molecule has 0 unspecified atom stereocenters. The molecular formula is C9H12N4O4S. The lowest BCUT2D eigenvalue weighted by molar-refractivity contribution is -0.387. The van der Waals surface area contributed by atoms with Crippen LogP contribution in [-0.2, 0) is 9.53 Å². The first-order valence-corrected chi connectivity index (χ1v) is 5.95. The van der Waals surface area contributed by atoms with Crippen molar-refractivity contribution in [2.45, 2.75) is 11.4 Å². The zero-order valence-corrected chi connectivity index (χ0v) is 10.7. The summed E-state index contributed by atoms with van der Waals surface area (Å²) in [7, 11) is 2.83. The molecule has 0 amide bonds. The number of aromatic nitrogens is 2. The van der Waals surface area contributed by atoms with Gasteiger partial charge in [-0.1, -0.05) is 11.8 Å². The summed E-state index contributed by atoms with van der Waals surface area (Å²) in [5, 5.41) is 13.8. The van der Waals surface area contributed by atoms with Crippen LogP contribution in [-0.4, -0.2) is 40.8 Å². The van der Waals surface area contributed by atoms with Crippen molar-refractivity contribution < 1.29 is 14.5 Å². The van der Waals surface area contributed by atoms with Crippen molar-refractivity contribution in [3.8, 4) is 0 Å². The number of ether oxygens (including phenoxy) is 1. The first-order chi connectivity index (χ1) is 8.60. The zero-order chi connectivity index (χ0) is 13.5. The molecule has 8 nitrogen and oxygen atoms in total. The predicted molar refractivity (Wildman–Crippen MR) is 65.6 cm³/mol. The Hall–Kier alpha value is -1.90. The third kappa shape index (κ3) is 3.55. The van der Waals surface area contributed by atoms with E-state index in [1.54, 1.807) is 0 Å². The molecule has 9 heteroatoms. The molecule has 1 aromatic rings. The van der Waals surface area contributed by atoms with Crippen molar-refractivity contribution in [1.82, 2.24) is 9.97 Å². The highest BCUT2D eigenvalue weighted by Crippen LogP contribution is 2.32. The van der Waals surface area contributed by atoms with Crippen molar-refractivity contribution in [1.29, 1.82) is 0 Å². The van der Waals surface area contributed by atoms with E-state index in [0.29, 0.717) is 5.75 Å². The lowest BCUT2D eigenvalue weighted by Gasteiger charge is -2.04. The Bertz CT molecular complexity index is 454. The Morgan fingerprint density at radius 2 is 2.33 bits per heavy atom. The molecule has 1 heterocycles. The molecule has 0 bridgehead atoms. The van der Waals surface area contributed by atoms with Crippen LogP contribution in [0.15, 0.2) is 11.4 Å². The Balaban J connectivity index is 2.82. The van der Waals surface area contributed by atoms with Gasteiger partial charge in [0.15, 0.2) is 5.03 Å². The lowest BCUT2D eigenvalue weighted by Crippen LogP contribution is -2.04. The lowest BCUT2D eigenvalue weighted by atomic mass is 10.5. The van der Waals surface area contributed by atoms with Gasteiger partial charge in [0, 0.05) is 12.8 Å². The molecule has 0 fully saturated rings. The largest absolute Gasteiger partial charge is 0.469 e. The first-order valence-electron chi connectivity index (χ1n) is 4.97. The van der Waals surface area contributed by atoms with Gasteiger partial charge in [-0.3, -0.25) is 14.9 Å². The van der Waals surface area contributed by atoms with E-state index in [-0.39, 0.29) is 28.9 Å². The van der Waals surface area contributed by atoms with Gasteiger partial charge in [0.1, 0.15) is 6.33 Å². The molecule has 0 atom stereocenters. The molecule has 0 saturated carbocycles. The second kappa shape index (κ2) is 6.74. The van der Waals surface area contributed by atoms with Crippen molar-refractivity contribution in [3.05, 3.63) is 16.4 Å². The Morgan fingerprint density at radius 3 is 2.89 bits per heavy atom. The molecule has 0 spiro atoms. The predicted octanol–water partition coefficient (Wildman–Crippen LogP) is 1.08. The van der Waals surface area contributed by atoms with Crippen LogP contribution in [0.4, 0.5) is 11.5 Å². The molecule has 0 saturated heterocycles. The minimum Gasteiger partial charge on any atom is -0.469 e. The van der Waals surface area contributed by atoms with Crippen molar-refractivity contribution >= 4 is 29.2 Å². The fourth-order valence-corrected chi connectivity index (χ4v) is 2.04. The van der Waals surface area contributed by atoms with Gasteiger partial charge in [0.25, 0.3) is 0 Å². The van der Waals surface area contributed by atoms with Gasteiger partial charge in [0.2, 0.25) is 5.82 Å². The van der Waals surface area contributed by atoms with E-state index >= 15 is 0 Å². The summed E-state index contributed by atoms with van der Waals surface area (Å²) in [5.74, 6) is 0.136. The van der Waals surface area contributed by atoms with Gasteiger partial charge >= 0.3 is 11.7 Å². The average Bonchev–Trinajstić information content (AvgIpc) is 2.37. The summed E-state index contributed by atoms with van der Waals surface area (Å²) in [4.78, 5) is 28.9. The van der Waals surface area contributed by atoms with Crippen LogP contribution in [0, 0.1) is 10.1 Å². The van der Waals surface area contributed by atoms with E-state index in [0.717, 1.165) is 11.8 Å². The van der Waals surface area contributed by atoms with Crippen LogP contribution in [0.1, 0.15) is 6.42 Å². The van der Waals surface area contributed by atoms with E-state index in [1.807, 2.05) is 0 Å². The van der Waals surface area contributed by atoms with Crippen LogP contribution in [0.5, 0.6) is 0 Å². The fourth-order valence-electron chi connectivity index (χ4n) is 1.15. The van der Waals surface area contributed by atoms with Gasteiger partial charge in [-0.05, 0) is 0 Å². The molecule has 1 aromatic heterocycles. The van der Waals surface area contributed by atoms with Gasteiger partial charge in [-0.15, -0.1) is 0 Å². The highest BCUT2D eigenvalue weighted by Gasteiger charge is 2.22. The van der Waals surface area contributed by atoms with E-state index < -0.39 is 4.92 Å². The van der Waals surface area contributed by atoms with Crippen LogP contribution in [0.25, 0.3) is 0 Å². The van der Waals surface area contributed by atoms with Crippen LogP contribution >= 0.6 is 11.8 Å². The standard InChI is InChI=1S/C9H12N4O4S/c1-10-8-7(13(15)16)9(12-5-11-8)18-4-3-6(14)17-2/h5H,3-4H2,1-2H3,(H,10,11,12). The molecule has 1 N–H and O–H groups in total. The van der Waals surface area contributed by atoms with Crippen molar-refractivity contribution in [2.75, 3.05) is 25.2 Å². The maximum absolute atomic E-state index is 10.9. The second-order valence-corrected chi connectivity index (χ2v) is 4.14. The highest BCUT2D eigenvalue weighted by molar-refractivity contribution is 7.99. The third-order valence-corrected chi connectivity index (χ3v) is 2.96. The number of rotatable bonds is 6. The molecule has 0 radical (unpaired) electrons. The number of esters is 1. The first kappa shape index (κ1) is 14.2. The second-order valence-electron chi connectivity index (χ2n) is 3.06. The van der Waals surface area contributed by atoms with E-state index in [4.69, 9.17) is 0 Å². The summed E-state index contributed by atoms with van der Waals surface area (Å²) in [6.07, 6.45) is 1.40. The molecule has 0 aliphatic rings. The molecule has 1 rings (SSSR count). The van der Waals surface area contributed by atoms with Gasteiger partial charge < -0.3 is 10.1 Å². The molecule has 0 aliphatic heterocycles. The molecule has 98 valence electrons. The topological polar surface area (TPSA) is 107 Å². The Morgan fingerprint density at radius 1 is 1.61 bits per heavy atom. The Kier molecular flexibility index (Phi) is 5.31. The molecular weight excluding hydrogens is 260 g/mol. The SMILES string of the molecule is CNc1ncnc(SCCC(=O)OC)c1[N+](=O)[O-]. The summed E-state index contributed by atoms with van der Waals surface area (Å²) in [5.41, 5.74) is -0.185. The van der Waals surface area contributed by atoms with Gasteiger partial charge in [-0.25, -0.2) is 9.97 Å². The van der Waals surface area contributed by atoms with Crippen molar-refractivity contribution in [2.24, 2.45) is 0 Å². The number of carbonyl (C=O) groups excluding carboxylic acids is 1. The van der Waals surface area contributed by atoms with Crippen LogP contribution in [0.2, 0.25) is 0 Å². The third-order valence-electron chi connectivity index (χ3n) is 1.98. The highest BCUT2D eigenvalue weighted by atomic mass is 32.2. The average molecular weight is 272 g/mol. The molecule has 0 aromatic carbocycles. The zero-order valence-electron chi connectivity index (χ0n) is 9.87. The normalized spacial score (nSPS) is 9.89. The Labute approximate surface area is 107 Å². The van der Waals surface area contributed by atoms with Crippen molar-refractivity contribution in [3.63, 3.8) is 0 Å². The summed E-state index contributed by atoms with van der Waals surface area (Å²) in [6, 6.07) is 0. The summed E-state index contributed by atoms with van der Waals surface area (Å²) >= 11 is 1.11. The number of nitrogens with zero attached hydrogens (tertiary/aromatic N) is 3.